The first-order chi connectivity index (χ1) is 7.20. The molecule has 2 rings (SSSR count). The molecule has 0 radical (unpaired) electrons. The van der Waals surface area contributed by atoms with Crippen molar-refractivity contribution in [1.29, 1.82) is 0 Å². The molecule has 76 valence electrons. The van der Waals surface area contributed by atoms with Gasteiger partial charge in [0.15, 0.2) is 5.58 Å². The van der Waals surface area contributed by atoms with Gasteiger partial charge in [0.05, 0.1) is 15.8 Å². The molecule has 2 aromatic rings. The normalized spacial score (nSPS) is 10.5. The van der Waals surface area contributed by atoms with Crippen LogP contribution in [0.2, 0.25) is 10.0 Å². The van der Waals surface area contributed by atoms with Gasteiger partial charge in [0.25, 0.3) is 5.22 Å². The van der Waals surface area contributed by atoms with Crippen LogP contribution in [0.3, 0.4) is 0 Å². The van der Waals surface area contributed by atoms with E-state index in [4.69, 9.17) is 34.0 Å². The number of nitrogens with zero attached hydrogens (tertiary/aromatic N) is 1. The summed E-state index contributed by atoms with van der Waals surface area (Å²) in [4.78, 5) is 4.21. The van der Waals surface area contributed by atoms with Gasteiger partial charge in [-0.05, 0) is 6.07 Å². The van der Waals surface area contributed by atoms with Crippen LogP contribution in [0.1, 0.15) is 0 Å². The van der Waals surface area contributed by atoms with Crippen LogP contribution in [-0.4, -0.2) is 10.7 Å². The number of thioether (sulfide) groups is 1. The monoisotopic (exact) mass is 257 g/mol. The van der Waals surface area contributed by atoms with E-state index < -0.39 is 0 Å². The van der Waals surface area contributed by atoms with Gasteiger partial charge >= 0.3 is 0 Å². The van der Waals surface area contributed by atoms with Crippen molar-refractivity contribution < 1.29 is 4.42 Å². The van der Waals surface area contributed by atoms with Crippen molar-refractivity contribution in [2.45, 2.75) is 5.22 Å². The van der Waals surface area contributed by atoms with Crippen molar-refractivity contribution in [3.05, 3.63) is 22.2 Å². The van der Waals surface area contributed by atoms with Crippen LogP contribution >= 0.6 is 35.0 Å². The molecular weight excluding hydrogens is 253 g/mol. The maximum absolute atomic E-state index is 5.85. The minimum Gasteiger partial charge on any atom is -0.431 e. The first kappa shape index (κ1) is 10.7. The first-order valence-corrected chi connectivity index (χ1v) is 5.76. The molecule has 0 atom stereocenters. The second kappa shape index (κ2) is 4.36. The van der Waals surface area contributed by atoms with Crippen molar-refractivity contribution in [3.8, 4) is 12.3 Å². The molecule has 0 N–H and O–H groups in total. The van der Waals surface area contributed by atoms with Gasteiger partial charge in [-0.25, -0.2) is 4.98 Å². The van der Waals surface area contributed by atoms with Crippen molar-refractivity contribution in [1.82, 2.24) is 4.98 Å². The summed E-state index contributed by atoms with van der Waals surface area (Å²) in [5.41, 5.74) is 1.30. The third-order valence-electron chi connectivity index (χ3n) is 1.69. The fourth-order valence-electron chi connectivity index (χ4n) is 1.07. The molecule has 1 heterocycles. The standard InChI is InChI=1S/C10H5Cl2NOS/c1-2-3-15-10-13-8-4-6(11)7(12)5-9(8)14-10/h1,4-5H,3H2. The summed E-state index contributed by atoms with van der Waals surface area (Å²) in [6.45, 7) is 0. The molecule has 2 nitrogen and oxygen atoms in total. The molecule has 0 aliphatic rings. The molecule has 0 aliphatic carbocycles. The van der Waals surface area contributed by atoms with Gasteiger partial charge in [-0.3, -0.25) is 0 Å². The first-order valence-electron chi connectivity index (χ1n) is 4.02. The van der Waals surface area contributed by atoms with Gasteiger partial charge in [0.2, 0.25) is 0 Å². The highest BCUT2D eigenvalue weighted by Gasteiger charge is 2.08. The molecule has 1 aromatic heterocycles. The highest BCUT2D eigenvalue weighted by molar-refractivity contribution is 7.99. The van der Waals surface area contributed by atoms with Crippen molar-refractivity contribution in [2.75, 3.05) is 5.75 Å². The quantitative estimate of drug-likeness (QED) is 0.604. The van der Waals surface area contributed by atoms with E-state index in [9.17, 15) is 0 Å². The van der Waals surface area contributed by atoms with Gasteiger partial charge in [-0.15, -0.1) is 6.42 Å². The van der Waals surface area contributed by atoms with Crippen molar-refractivity contribution in [2.24, 2.45) is 0 Å². The van der Waals surface area contributed by atoms with Crippen LogP contribution in [0.4, 0.5) is 0 Å². The number of rotatable bonds is 2. The van der Waals surface area contributed by atoms with Gasteiger partial charge in [-0.1, -0.05) is 40.9 Å². The highest BCUT2D eigenvalue weighted by atomic mass is 35.5. The van der Waals surface area contributed by atoms with E-state index in [2.05, 4.69) is 10.9 Å². The molecule has 0 unspecified atom stereocenters. The van der Waals surface area contributed by atoms with E-state index in [1.54, 1.807) is 12.1 Å². The topological polar surface area (TPSA) is 26.0 Å². The van der Waals surface area contributed by atoms with E-state index in [0.29, 0.717) is 32.1 Å². The number of hydrogen-bond donors (Lipinski definition) is 0. The molecule has 0 bridgehead atoms. The largest absolute Gasteiger partial charge is 0.431 e. The highest BCUT2D eigenvalue weighted by Crippen LogP contribution is 2.30. The lowest BCUT2D eigenvalue weighted by atomic mass is 10.3. The number of oxazole rings is 1. The van der Waals surface area contributed by atoms with Crippen molar-refractivity contribution in [3.63, 3.8) is 0 Å². The van der Waals surface area contributed by atoms with Crippen LogP contribution in [-0.2, 0) is 0 Å². The lowest BCUT2D eigenvalue weighted by molar-refractivity contribution is 0.490. The molecular formula is C10H5Cl2NOS. The maximum Gasteiger partial charge on any atom is 0.257 e. The smallest absolute Gasteiger partial charge is 0.257 e. The Kier molecular flexibility index (Phi) is 3.11. The van der Waals surface area contributed by atoms with E-state index >= 15 is 0 Å². The van der Waals surface area contributed by atoms with E-state index in [1.807, 2.05) is 0 Å². The molecule has 5 heteroatoms. The number of hydrogen-bond acceptors (Lipinski definition) is 3. The molecule has 0 aliphatic heterocycles. The van der Waals surface area contributed by atoms with Crippen LogP contribution in [0.15, 0.2) is 21.8 Å². The van der Waals surface area contributed by atoms with E-state index in [-0.39, 0.29) is 0 Å². The zero-order valence-electron chi connectivity index (χ0n) is 7.46. The van der Waals surface area contributed by atoms with E-state index in [0.717, 1.165) is 0 Å². The molecule has 0 fully saturated rings. The van der Waals surface area contributed by atoms with Crippen LogP contribution in [0, 0.1) is 12.3 Å². The summed E-state index contributed by atoms with van der Waals surface area (Å²) >= 11 is 13.0. The molecule has 1 aromatic carbocycles. The number of fused-ring (bicyclic) bond motifs is 1. The van der Waals surface area contributed by atoms with Crippen LogP contribution < -0.4 is 0 Å². The Morgan fingerprint density at radius 3 is 2.87 bits per heavy atom. The van der Waals surface area contributed by atoms with Gasteiger partial charge in [-0.2, -0.15) is 0 Å². The minimum absolute atomic E-state index is 0.453. The second-order valence-corrected chi connectivity index (χ2v) is 4.45. The Balaban J connectivity index is 2.43. The Hall–Kier alpha value is -0.820. The average molecular weight is 258 g/mol. The molecule has 15 heavy (non-hydrogen) atoms. The molecule has 0 saturated heterocycles. The minimum atomic E-state index is 0.453. The van der Waals surface area contributed by atoms with Gasteiger partial charge in [0.1, 0.15) is 5.52 Å². The lowest BCUT2D eigenvalue weighted by Crippen LogP contribution is -1.72. The predicted octanol–water partition coefficient (Wildman–Crippen LogP) is 3.86. The third-order valence-corrected chi connectivity index (χ3v) is 3.14. The van der Waals surface area contributed by atoms with Crippen LogP contribution in [0.5, 0.6) is 0 Å². The zero-order valence-corrected chi connectivity index (χ0v) is 9.79. The zero-order chi connectivity index (χ0) is 10.8. The summed E-state index contributed by atoms with van der Waals surface area (Å²) in [5, 5.41) is 1.45. The average Bonchev–Trinajstić information content (AvgIpc) is 2.58. The number of terminal acetylenes is 1. The lowest BCUT2D eigenvalue weighted by Gasteiger charge is -1.91. The number of aromatic nitrogens is 1. The molecule has 0 spiro atoms. The number of halogens is 2. The Labute approximate surface area is 101 Å². The summed E-state index contributed by atoms with van der Waals surface area (Å²) < 4.78 is 5.42. The summed E-state index contributed by atoms with van der Waals surface area (Å²) in [5.74, 6) is 3.02. The molecule has 0 saturated carbocycles. The number of benzene rings is 1. The van der Waals surface area contributed by atoms with Gasteiger partial charge < -0.3 is 4.42 Å². The fourth-order valence-corrected chi connectivity index (χ4v) is 1.90. The fraction of sp³-hybridized carbons (Fsp3) is 0.100. The second-order valence-electron chi connectivity index (χ2n) is 2.71. The van der Waals surface area contributed by atoms with Crippen molar-refractivity contribution >= 4 is 46.1 Å². The Morgan fingerprint density at radius 2 is 2.13 bits per heavy atom. The third kappa shape index (κ3) is 2.23. The maximum atomic E-state index is 5.85. The Morgan fingerprint density at radius 1 is 1.40 bits per heavy atom. The Bertz CT molecular complexity index is 505. The summed E-state index contributed by atoms with van der Waals surface area (Å²) in [6.07, 6.45) is 5.14. The summed E-state index contributed by atoms with van der Waals surface area (Å²) in [6, 6.07) is 3.31. The predicted molar refractivity (Wildman–Crippen MR) is 63.6 cm³/mol. The summed E-state index contributed by atoms with van der Waals surface area (Å²) in [7, 11) is 0. The molecule has 0 amide bonds. The SMILES string of the molecule is C#CCSc1nc2cc(Cl)c(Cl)cc2o1. The van der Waals surface area contributed by atoms with Gasteiger partial charge in [0, 0.05) is 6.07 Å². The van der Waals surface area contributed by atoms with E-state index in [1.165, 1.54) is 11.8 Å². The van der Waals surface area contributed by atoms with Crippen LogP contribution in [0.25, 0.3) is 11.1 Å².